The molecule has 202 valence electrons. The van der Waals surface area contributed by atoms with Gasteiger partial charge in [0.25, 0.3) is 23.2 Å². The summed E-state index contributed by atoms with van der Waals surface area (Å²) in [7, 11) is -1.08. The first-order valence-corrected chi connectivity index (χ1v) is 11.6. The first-order chi connectivity index (χ1) is 19.8. The van der Waals surface area contributed by atoms with Crippen LogP contribution in [-0.2, 0) is 18.9 Å². The number of anilines is 2. The van der Waals surface area contributed by atoms with Crippen molar-refractivity contribution in [3.05, 3.63) is 98.1 Å². The number of benzene rings is 3. The van der Waals surface area contributed by atoms with E-state index in [1.54, 1.807) is 30.3 Å². The zero-order chi connectivity index (χ0) is 28.9. The summed E-state index contributed by atoms with van der Waals surface area (Å²) < 4.78 is 11.0. The van der Waals surface area contributed by atoms with E-state index in [1.165, 1.54) is 36.4 Å². The molecule has 0 aromatic heterocycles. The summed E-state index contributed by atoms with van der Waals surface area (Å²) in [4.78, 5) is 45.3. The molecule has 3 aromatic rings. The number of non-ortho nitro benzene ring substituents is 2. The van der Waals surface area contributed by atoms with Crippen molar-refractivity contribution in [2.45, 2.75) is 0 Å². The number of rotatable bonds is 9. The fraction of sp³-hybridized carbons (Fsp3) is 0. The summed E-state index contributed by atoms with van der Waals surface area (Å²) in [6.07, 6.45) is 1.88. The average Bonchev–Trinajstić information content (AvgIpc) is 3.45. The summed E-state index contributed by atoms with van der Waals surface area (Å²) >= 11 is 0. The predicted molar refractivity (Wildman–Crippen MR) is 148 cm³/mol. The summed E-state index contributed by atoms with van der Waals surface area (Å²) in [6.45, 7) is 0. The van der Waals surface area contributed by atoms with Crippen molar-refractivity contribution in [2.75, 3.05) is 10.6 Å². The van der Waals surface area contributed by atoms with Crippen LogP contribution in [0.2, 0.25) is 0 Å². The summed E-state index contributed by atoms with van der Waals surface area (Å²) in [6, 6.07) is 16.4. The molecule has 2 aliphatic rings. The second-order valence-electron chi connectivity index (χ2n) is 8.24. The van der Waals surface area contributed by atoms with Gasteiger partial charge in [0.2, 0.25) is 0 Å². The van der Waals surface area contributed by atoms with Crippen LogP contribution in [0, 0.1) is 20.2 Å². The van der Waals surface area contributed by atoms with Gasteiger partial charge in [-0.25, -0.2) is 0 Å². The van der Waals surface area contributed by atoms with Crippen molar-refractivity contribution in [1.82, 2.24) is 0 Å². The van der Waals surface area contributed by atoms with Gasteiger partial charge in [-0.2, -0.15) is 0 Å². The zero-order valence-electron chi connectivity index (χ0n) is 20.5. The largest absolute Gasteiger partial charge is 0.633 e. The van der Waals surface area contributed by atoms with Gasteiger partial charge in [0.05, 0.1) is 21.2 Å². The van der Waals surface area contributed by atoms with E-state index in [1.807, 2.05) is 0 Å². The highest BCUT2D eigenvalue weighted by Gasteiger charge is 2.29. The fourth-order valence-electron chi connectivity index (χ4n) is 3.84. The first kappa shape index (κ1) is 26.4. The van der Waals surface area contributed by atoms with E-state index in [2.05, 4.69) is 31.0 Å². The average molecular weight is 554 g/mol. The minimum absolute atomic E-state index is 0.0650. The lowest BCUT2D eigenvalue weighted by Crippen LogP contribution is -2.36. The minimum atomic E-state index is -1.08. The minimum Gasteiger partial charge on any atom is -0.512 e. The van der Waals surface area contributed by atoms with Crippen LogP contribution in [0.15, 0.2) is 87.1 Å². The smallest absolute Gasteiger partial charge is 0.512 e. The quantitative estimate of drug-likeness (QED) is 0.131. The van der Waals surface area contributed by atoms with Crippen molar-refractivity contribution in [1.29, 1.82) is 0 Å². The van der Waals surface area contributed by atoms with Crippen LogP contribution < -0.4 is 16.1 Å². The Kier molecular flexibility index (Phi) is 7.22. The number of carbonyl (C=O) groups excluding carboxylic acids is 2. The number of hydrogen-bond acceptors (Lipinski definition) is 12. The molecule has 0 aliphatic carbocycles. The lowest BCUT2D eigenvalue weighted by Gasteiger charge is -2.09. The SMILES string of the molecule is O=C1Nc2cc([N+](=O)[O-])ccc2/C1=N/N=C/OB(O/C=N/N=C1\C(=O)Nc2cc([N+](=O)[O-])ccc21)c1ccccc1. The Bertz CT molecular complexity index is 1600. The van der Waals surface area contributed by atoms with Gasteiger partial charge in [-0.15, -0.1) is 20.4 Å². The van der Waals surface area contributed by atoms with Crippen LogP contribution in [0.25, 0.3) is 0 Å². The van der Waals surface area contributed by atoms with E-state index in [0.717, 1.165) is 12.8 Å². The second-order valence-corrected chi connectivity index (χ2v) is 8.24. The zero-order valence-corrected chi connectivity index (χ0v) is 20.5. The van der Waals surface area contributed by atoms with E-state index >= 15 is 0 Å². The lowest BCUT2D eigenvalue weighted by atomic mass is 9.79. The van der Waals surface area contributed by atoms with E-state index in [-0.39, 0.29) is 34.2 Å². The third-order valence-electron chi connectivity index (χ3n) is 5.72. The van der Waals surface area contributed by atoms with E-state index in [0.29, 0.717) is 16.6 Å². The highest BCUT2D eigenvalue weighted by Crippen LogP contribution is 2.29. The van der Waals surface area contributed by atoms with E-state index < -0.39 is 28.8 Å². The molecule has 16 nitrogen and oxygen atoms in total. The molecular formula is C24H15BN8O8. The summed E-state index contributed by atoms with van der Waals surface area (Å²) in [5.41, 5.74) is 1.20. The molecule has 0 radical (unpaired) electrons. The Morgan fingerprint density at radius 2 is 1.17 bits per heavy atom. The van der Waals surface area contributed by atoms with Crippen molar-refractivity contribution in [3.63, 3.8) is 0 Å². The van der Waals surface area contributed by atoms with Gasteiger partial charge in [-0.1, -0.05) is 30.3 Å². The van der Waals surface area contributed by atoms with Gasteiger partial charge < -0.3 is 19.9 Å². The number of hydrogen-bond donors (Lipinski definition) is 2. The molecule has 2 amide bonds. The van der Waals surface area contributed by atoms with Gasteiger partial charge in [-0.05, 0) is 12.1 Å². The third kappa shape index (κ3) is 5.63. The molecular weight excluding hydrogens is 539 g/mol. The van der Waals surface area contributed by atoms with Gasteiger partial charge in [-0.3, -0.25) is 29.8 Å². The molecule has 0 bridgehead atoms. The molecule has 2 heterocycles. The molecule has 0 unspecified atom stereocenters. The molecule has 0 saturated heterocycles. The molecule has 0 fully saturated rings. The van der Waals surface area contributed by atoms with Gasteiger partial charge in [0.15, 0.2) is 24.2 Å². The maximum Gasteiger partial charge on any atom is 0.633 e. The number of fused-ring (bicyclic) bond motifs is 2. The summed E-state index contributed by atoms with van der Waals surface area (Å²) in [5.74, 6) is -1.18. The fourth-order valence-corrected chi connectivity index (χ4v) is 3.84. The number of amides is 2. The molecule has 0 atom stereocenters. The highest BCUT2D eigenvalue weighted by molar-refractivity contribution is 6.63. The molecule has 5 rings (SSSR count). The van der Waals surface area contributed by atoms with E-state index in [4.69, 9.17) is 9.31 Å². The lowest BCUT2D eigenvalue weighted by molar-refractivity contribution is -0.385. The van der Waals surface area contributed by atoms with Crippen molar-refractivity contribution in [3.8, 4) is 0 Å². The van der Waals surface area contributed by atoms with Gasteiger partial charge in [0.1, 0.15) is 0 Å². The third-order valence-corrected chi connectivity index (χ3v) is 5.72. The maximum absolute atomic E-state index is 12.3. The van der Waals surface area contributed by atoms with Crippen LogP contribution in [0.5, 0.6) is 0 Å². The molecule has 2 aliphatic heterocycles. The normalized spacial score (nSPS) is 15.6. The predicted octanol–water partition coefficient (Wildman–Crippen LogP) is 2.00. The van der Waals surface area contributed by atoms with Crippen molar-refractivity contribution >= 4 is 71.4 Å². The molecule has 0 saturated carbocycles. The number of nitro groups is 2. The number of carbonyl (C=O) groups is 2. The Hall–Kier alpha value is -6.26. The Morgan fingerprint density at radius 1 is 0.707 bits per heavy atom. The second kappa shape index (κ2) is 11.2. The highest BCUT2D eigenvalue weighted by atomic mass is 16.6. The maximum atomic E-state index is 12.3. The van der Waals surface area contributed by atoms with Crippen LogP contribution in [-0.4, -0.2) is 53.0 Å². The van der Waals surface area contributed by atoms with Crippen molar-refractivity contribution < 1.29 is 28.7 Å². The molecule has 3 aromatic carbocycles. The monoisotopic (exact) mass is 554 g/mol. The number of nitrogens with zero attached hydrogens (tertiary/aromatic N) is 6. The molecule has 17 heteroatoms. The van der Waals surface area contributed by atoms with Gasteiger partial charge in [0, 0.05) is 40.9 Å². The Balaban J connectivity index is 1.29. The standard InChI is InChI=1S/C24H15BN8O8/c34-23-21(17-8-6-15(32(36)37)10-19(17)28-23)30-26-12-40-25(14-4-2-1-3-5-14)41-13-27-31-22-18-9-7-16(33(38)39)11-20(18)29-24(22)35/h1-13H,(H,28,30,34)(H,29,31,35)/b26-12+,27-13+. The molecule has 41 heavy (non-hydrogen) atoms. The molecule has 0 spiro atoms. The number of nitro benzene ring substituents is 2. The van der Waals surface area contributed by atoms with Crippen LogP contribution in [0.1, 0.15) is 11.1 Å². The Morgan fingerprint density at radius 3 is 1.61 bits per heavy atom. The van der Waals surface area contributed by atoms with Crippen molar-refractivity contribution in [2.24, 2.45) is 20.4 Å². The van der Waals surface area contributed by atoms with E-state index in [9.17, 15) is 29.8 Å². The Labute approximate surface area is 229 Å². The number of nitrogens with one attached hydrogen (secondary N) is 2. The van der Waals surface area contributed by atoms with Crippen LogP contribution in [0.3, 0.4) is 0 Å². The molecule has 2 N–H and O–H groups in total. The summed E-state index contributed by atoms with van der Waals surface area (Å²) in [5, 5.41) is 42.2. The first-order valence-electron chi connectivity index (χ1n) is 11.6. The van der Waals surface area contributed by atoms with Crippen LogP contribution >= 0.6 is 0 Å². The topological polar surface area (TPSA) is 212 Å². The van der Waals surface area contributed by atoms with Crippen LogP contribution in [0.4, 0.5) is 22.7 Å². The van der Waals surface area contributed by atoms with Gasteiger partial charge >= 0.3 is 7.12 Å².